The van der Waals surface area contributed by atoms with Gasteiger partial charge in [0.25, 0.3) is 5.91 Å². The highest BCUT2D eigenvalue weighted by molar-refractivity contribution is 7.12. The van der Waals surface area contributed by atoms with Crippen molar-refractivity contribution in [1.82, 2.24) is 4.90 Å². The molecule has 0 radical (unpaired) electrons. The lowest BCUT2D eigenvalue weighted by atomic mass is 10.1. The number of hydrogen-bond acceptors (Lipinski definition) is 4. The minimum Gasteiger partial charge on any atom is -0.397 e. The first kappa shape index (κ1) is 11.0. The molecule has 92 valence electrons. The van der Waals surface area contributed by atoms with Crippen LogP contribution in [-0.2, 0) is 4.74 Å². The molecule has 1 saturated heterocycles. The van der Waals surface area contributed by atoms with Crippen LogP contribution in [-0.4, -0.2) is 36.1 Å². The van der Waals surface area contributed by atoms with Crippen molar-refractivity contribution in [1.29, 1.82) is 0 Å². The summed E-state index contributed by atoms with van der Waals surface area (Å²) in [6.07, 6.45) is 3.53. The third kappa shape index (κ3) is 1.83. The Morgan fingerprint density at radius 1 is 1.53 bits per heavy atom. The van der Waals surface area contributed by atoms with Crippen LogP contribution >= 0.6 is 11.3 Å². The molecule has 1 saturated carbocycles. The number of anilines is 1. The van der Waals surface area contributed by atoms with Gasteiger partial charge in [0.1, 0.15) is 4.88 Å². The zero-order chi connectivity index (χ0) is 11.8. The zero-order valence-corrected chi connectivity index (χ0v) is 10.4. The number of fused-ring (bicyclic) bond motifs is 1. The summed E-state index contributed by atoms with van der Waals surface area (Å²) in [5, 5.41) is 1.87. The number of thiophene rings is 1. The van der Waals surface area contributed by atoms with Gasteiger partial charge in [-0.2, -0.15) is 0 Å². The molecule has 2 N–H and O–H groups in total. The van der Waals surface area contributed by atoms with E-state index in [0.717, 1.165) is 19.3 Å². The predicted molar refractivity (Wildman–Crippen MR) is 67.1 cm³/mol. The number of rotatable bonds is 1. The Morgan fingerprint density at radius 2 is 2.41 bits per heavy atom. The van der Waals surface area contributed by atoms with Crippen molar-refractivity contribution >= 4 is 22.9 Å². The van der Waals surface area contributed by atoms with E-state index in [2.05, 4.69) is 0 Å². The molecule has 3 rings (SSSR count). The number of carbonyl (C=O) groups is 1. The summed E-state index contributed by atoms with van der Waals surface area (Å²) in [6, 6.07) is 2.06. The molecule has 0 spiro atoms. The van der Waals surface area contributed by atoms with Gasteiger partial charge in [-0.05, 0) is 30.7 Å². The summed E-state index contributed by atoms with van der Waals surface area (Å²) < 4.78 is 5.71. The van der Waals surface area contributed by atoms with Crippen LogP contribution in [0.4, 0.5) is 5.69 Å². The minimum atomic E-state index is 0.0812. The summed E-state index contributed by atoms with van der Waals surface area (Å²) in [5.74, 6) is 0.0812. The highest BCUT2D eigenvalue weighted by atomic mass is 32.1. The fraction of sp³-hybridized carbons (Fsp3) is 0.583. The van der Waals surface area contributed by atoms with E-state index in [1.807, 2.05) is 10.3 Å². The lowest BCUT2D eigenvalue weighted by molar-refractivity contribution is -0.0443. The fourth-order valence-corrected chi connectivity index (χ4v) is 3.57. The normalized spacial score (nSPS) is 28.1. The summed E-state index contributed by atoms with van der Waals surface area (Å²) in [6.45, 7) is 1.34. The molecule has 2 heterocycles. The van der Waals surface area contributed by atoms with E-state index in [9.17, 15) is 4.79 Å². The molecule has 2 aliphatic rings. The van der Waals surface area contributed by atoms with Gasteiger partial charge < -0.3 is 15.4 Å². The first-order valence-electron chi connectivity index (χ1n) is 6.03. The van der Waals surface area contributed by atoms with Crippen LogP contribution in [0.3, 0.4) is 0 Å². The number of carbonyl (C=O) groups excluding carboxylic acids is 1. The average molecular weight is 252 g/mol. The number of nitrogen functional groups attached to an aromatic ring is 1. The Balaban J connectivity index is 1.83. The first-order chi connectivity index (χ1) is 8.27. The summed E-state index contributed by atoms with van der Waals surface area (Å²) >= 11 is 1.43. The van der Waals surface area contributed by atoms with Gasteiger partial charge in [0.15, 0.2) is 0 Å². The van der Waals surface area contributed by atoms with Gasteiger partial charge in [-0.25, -0.2) is 0 Å². The van der Waals surface area contributed by atoms with Crippen molar-refractivity contribution in [2.75, 3.05) is 18.9 Å². The van der Waals surface area contributed by atoms with Gasteiger partial charge in [0.2, 0.25) is 0 Å². The Labute approximate surface area is 104 Å². The summed E-state index contributed by atoms with van der Waals surface area (Å²) in [5.41, 5.74) is 6.42. The van der Waals surface area contributed by atoms with Crippen LogP contribution in [0.15, 0.2) is 11.4 Å². The van der Waals surface area contributed by atoms with Crippen LogP contribution < -0.4 is 5.73 Å². The molecule has 0 bridgehead atoms. The SMILES string of the molecule is Nc1ccsc1C(=O)N1CCOC2CCCC21. The molecule has 1 aliphatic carbocycles. The average Bonchev–Trinajstić information content (AvgIpc) is 2.95. The highest BCUT2D eigenvalue weighted by Gasteiger charge is 2.39. The Morgan fingerprint density at radius 3 is 3.18 bits per heavy atom. The lowest BCUT2D eigenvalue weighted by Crippen LogP contribution is -2.51. The zero-order valence-electron chi connectivity index (χ0n) is 9.59. The maximum absolute atomic E-state index is 12.4. The number of nitrogens with two attached hydrogens (primary N) is 1. The molecule has 2 atom stereocenters. The van der Waals surface area contributed by atoms with E-state index in [1.54, 1.807) is 6.07 Å². The van der Waals surface area contributed by atoms with E-state index >= 15 is 0 Å². The largest absolute Gasteiger partial charge is 0.397 e. The second-order valence-electron chi connectivity index (χ2n) is 4.61. The third-order valence-electron chi connectivity index (χ3n) is 3.63. The summed E-state index contributed by atoms with van der Waals surface area (Å²) in [7, 11) is 0. The molecule has 1 aromatic heterocycles. The fourth-order valence-electron chi connectivity index (χ4n) is 2.80. The maximum atomic E-state index is 12.4. The van der Waals surface area contributed by atoms with E-state index < -0.39 is 0 Å². The van der Waals surface area contributed by atoms with Crippen LogP contribution in [0.1, 0.15) is 28.9 Å². The van der Waals surface area contributed by atoms with Crippen molar-refractivity contribution in [2.24, 2.45) is 0 Å². The second-order valence-corrected chi connectivity index (χ2v) is 5.53. The third-order valence-corrected chi connectivity index (χ3v) is 4.55. The number of amides is 1. The Bertz CT molecular complexity index is 432. The smallest absolute Gasteiger partial charge is 0.266 e. The standard InChI is InChI=1S/C12H16N2O2S/c13-8-4-7-17-11(8)12(15)14-5-6-16-10-3-1-2-9(10)14/h4,7,9-10H,1-3,5-6,13H2. The summed E-state index contributed by atoms with van der Waals surface area (Å²) in [4.78, 5) is 15.1. The molecule has 1 aromatic rings. The van der Waals surface area contributed by atoms with Gasteiger partial charge in [-0.1, -0.05) is 0 Å². The van der Waals surface area contributed by atoms with Crippen LogP contribution in [0, 0.1) is 0 Å². The molecule has 2 unspecified atom stereocenters. The van der Waals surface area contributed by atoms with Gasteiger partial charge in [-0.3, -0.25) is 4.79 Å². The van der Waals surface area contributed by atoms with Gasteiger partial charge in [-0.15, -0.1) is 11.3 Å². The van der Waals surface area contributed by atoms with E-state index in [0.29, 0.717) is 23.7 Å². The first-order valence-corrected chi connectivity index (χ1v) is 6.91. The molecule has 5 heteroatoms. The van der Waals surface area contributed by atoms with E-state index in [1.165, 1.54) is 11.3 Å². The highest BCUT2D eigenvalue weighted by Crippen LogP contribution is 2.32. The minimum absolute atomic E-state index is 0.0812. The maximum Gasteiger partial charge on any atom is 0.266 e. The van der Waals surface area contributed by atoms with Crippen molar-refractivity contribution < 1.29 is 9.53 Å². The molecule has 1 amide bonds. The quantitative estimate of drug-likeness (QED) is 0.828. The topological polar surface area (TPSA) is 55.6 Å². The van der Waals surface area contributed by atoms with Crippen molar-refractivity contribution in [3.05, 3.63) is 16.3 Å². The Hall–Kier alpha value is -1.07. The van der Waals surface area contributed by atoms with Gasteiger partial charge in [0, 0.05) is 6.54 Å². The van der Waals surface area contributed by atoms with Crippen molar-refractivity contribution in [3.8, 4) is 0 Å². The van der Waals surface area contributed by atoms with E-state index in [4.69, 9.17) is 10.5 Å². The Kier molecular flexibility index (Phi) is 2.80. The van der Waals surface area contributed by atoms with E-state index in [-0.39, 0.29) is 18.1 Å². The molecular weight excluding hydrogens is 236 g/mol. The van der Waals surface area contributed by atoms with Crippen LogP contribution in [0.2, 0.25) is 0 Å². The monoisotopic (exact) mass is 252 g/mol. The second kappa shape index (κ2) is 4.31. The van der Waals surface area contributed by atoms with Gasteiger partial charge >= 0.3 is 0 Å². The molecule has 1 aliphatic heterocycles. The molecule has 4 nitrogen and oxygen atoms in total. The van der Waals surface area contributed by atoms with Gasteiger partial charge in [0.05, 0.1) is 24.4 Å². The molecule has 0 aromatic carbocycles. The van der Waals surface area contributed by atoms with Crippen molar-refractivity contribution in [3.63, 3.8) is 0 Å². The number of hydrogen-bond donors (Lipinski definition) is 1. The predicted octanol–water partition coefficient (Wildman–Crippen LogP) is 1.72. The molecule has 17 heavy (non-hydrogen) atoms. The van der Waals surface area contributed by atoms with Crippen LogP contribution in [0.5, 0.6) is 0 Å². The number of ether oxygens (including phenoxy) is 1. The molecular formula is C12H16N2O2S. The lowest BCUT2D eigenvalue weighted by Gasteiger charge is -2.37. The molecule has 2 fully saturated rings. The number of morpholine rings is 1. The number of nitrogens with zero attached hydrogens (tertiary/aromatic N) is 1. The van der Waals surface area contributed by atoms with Crippen LogP contribution in [0.25, 0.3) is 0 Å². The van der Waals surface area contributed by atoms with Crippen molar-refractivity contribution in [2.45, 2.75) is 31.4 Å².